The zero-order valence-corrected chi connectivity index (χ0v) is 9.71. The number of nitrogen functional groups attached to an aromatic ring is 1. The van der Waals surface area contributed by atoms with Gasteiger partial charge in [0.15, 0.2) is 11.6 Å². The van der Waals surface area contributed by atoms with Gasteiger partial charge in [-0.25, -0.2) is 15.2 Å². The van der Waals surface area contributed by atoms with Gasteiger partial charge in [-0.3, -0.25) is 15.5 Å². The Morgan fingerprint density at radius 2 is 2.10 bits per heavy atom. The third-order valence-electron chi connectivity index (χ3n) is 2.17. The number of nitro groups is 1. The second-order valence-corrected chi connectivity index (χ2v) is 3.46. The second-order valence-electron chi connectivity index (χ2n) is 3.46. The number of nitrogens with zero attached hydrogens (tertiary/aromatic N) is 3. The molecule has 0 amide bonds. The minimum atomic E-state index is -1.03. The van der Waals surface area contributed by atoms with E-state index in [-0.39, 0.29) is 5.95 Å². The first kappa shape index (κ1) is 13.5. The highest BCUT2D eigenvalue weighted by molar-refractivity contribution is 5.39. The maximum absolute atomic E-state index is 13.6. The van der Waals surface area contributed by atoms with Gasteiger partial charge in [-0.15, -0.1) is 0 Å². The number of hydrogen-bond donors (Lipinski definition) is 2. The van der Waals surface area contributed by atoms with E-state index in [4.69, 9.17) is 10.6 Å². The summed E-state index contributed by atoms with van der Waals surface area (Å²) < 4.78 is 31.9. The summed E-state index contributed by atoms with van der Waals surface area (Å²) in [5, 5.41) is 10.5. The smallest absolute Gasteiger partial charge is 0.272 e. The molecule has 20 heavy (non-hydrogen) atoms. The van der Waals surface area contributed by atoms with Gasteiger partial charge in [-0.05, 0) is 6.07 Å². The predicted octanol–water partition coefficient (Wildman–Crippen LogP) is 1.74. The Kier molecular flexibility index (Phi) is 3.66. The van der Waals surface area contributed by atoms with Gasteiger partial charge in [0.25, 0.3) is 11.6 Å². The summed E-state index contributed by atoms with van der Waals surface area (Å²) >= 11 is 0. The zero-order chi connectivity index (χ0) is 14.7. The van der Waals surface area contributed by atoms with Crippen molar-refractivity contribution in [3.63, 3.8) is 0 Å². The highest BCUT2D eigenvalue weighted by atomic mass is 19.1. The SMILES string of the molecule is NNc1ncc(F)c(Oc2ccc([N+](=O)[O-])cc2F)n1. The molecule has 0 spiro atoms. The number of ether oxygens (including phenoxy) is 1. The van der Waals surface area contributed by atoms with Crippen molar-refractivity contribution < 1.29 is 18.4 Å². The summed E-state index contributed by atoms with van der Waals surface area (Å²) in [7, 11) is 0. The number of halogens is 2. The van der Waals surface area contributed by atoms with Crippen molar-refractivity contribution in [3.05, 3.63) is 46.1 Å². The molecule has 0 fully saturated rings. The maximum atomic E-state index is 13.6. The van der Waals surface area contributed by atoms with E-state index in [2.05, 4.69) is 15.4 Å². The van der Waals surface area contributed by atoms with E-state index in [1.807, 2.05) is 0 Å². The van der Waals surface area contributed by atoms with Gasteiger partial charge in [0.2, 0.25) is 11.8 Å². The molecule has 0 bridgehead atoms. The van der Waals surface area contributed by atoms with Crippen LogP contribution in [-0.4, -0.2) is 14.9 Å². The minimum Gasteiger partial charge on any atom is -0.433 e. The van der Waals surface area contributed by atoms with Gasteiger partial charge in [0, 0.05) is 6.07 Å². The molecule has 0 aliphatic carbocycles. The van der Waals surface area contributed by atoms with Crippen molar-refractivity contribution in [1.29, 1.82) is 0 Å². The van der Waals surface area contributed by atoms with Crippen molar-refractivity contribution in [1.82, 2.24) is 9.97 Å². The van der Waals surface area contributed by atoms with E-state index in [9.17, 15) is 18.9 Å². The largest absolute Gasteiger partial charge is 0.433 e. The molecule has 0 saturated heterocycles. The van der Waals surface area contributed by atoms with Crippen molar-refractivity contribution in [2.45, 2.75) is 0 Å². The fourth-order valence-electron chi connectivity index (χ4n) is 1.28. The summed E-state index contributed by atoms with van der Waals surface area (Å²) in [6.07, 6.45) is 0.779. The number of hydrogen-bond acceptors (Lipinski definition) is 7. The van der Waals surface area contributed by atoms with E-state index in [0.29, 0.717) is 6.07 Å². The summed E-state index contributed by atoms with van der Waals surface area (Å²) in [6.45, 7) is 0. The first-order chi connectivity index (χ1) is 9.51. The van der Waals surface area contributed by atoms with Gasteiger partial charge < -0.3 is 4.74 Å². The van der Waals surface area contributed by atoms with E-state index in [1.54, 1.807) is 0 Å². The van der Waals surface area contributed by atoms with Crippen LogP contribution in [0.5, 0.6) is 11.6 Å². The van der Waals surface area contributed by atoms with Crippen LogP contribution in [0.1, 0.15) is 0 Å². The Morgan fingerprint density at radius 1 is 1.35 bits per heavy atom. The molecule has 3 N–H and O–H groups in total. The first-order valence-electron chi connectivity index (χ1n) is 5.12. The fourth-order valence-corrected chi connectivity index (χ4v) is 1.28. The lowest BCUT2D eigenvalue weighted by Gasteiger charge is -2.07. The normalized spacial score (nSPS) is 10.2. The number of nitrogens with one attached hydrogen (secondary N) is 1. The molecule has 10 heteroatoms. The summed E-state index contributed by atoms with van der Waals surface area (Å²) in [5.74, 6) is 1.95. The fraction of sp³-hybridized carbons (Fsp3) is 0. The van der Waals surface area contributed by atoms with Gasteiger partial charge >= 0.3 is 0 Å². The Hall–Kier alpha value is -2.88. The van der Waals surface area contributed by atoms with Gasteiger partial charge in [-0.1, -0.05) is 0 Å². The van der Waals surface area contributed by atoms with Crippen molar-refractivity contribution in [3.8, 4) is 11.6 Å². The van der Waals surface area contributed by atoms with E-state index >= 15 is 0 Å². The molecule has 0 atom stereocenters. The molecule has 0 aliphatic heterocycles. The van der Waals surface area contributed by atoms with Crippen LogP contribution in [0.15, 0.2) is 24.4 Å². The first-order valence-corrected chi connectivity index (χ1v) is 5.12. The Morgan fingerprint density at radius 3 is 2.70 bits per heavy atom. The van der Waals surface area contributed by atoms with Gasteiger partial charge in [-0.2, -0.15) is 9.37 Å². The number of benzene rings is 1. The third-order valence-corrected chi connectivity index (χ3v) is 2.17. The number of non-ortho nitro benzene ring substituents is 1. The number of nitrogens with two attached hydrogens (primary N) is 1. The molecule has 2 aromatic rings. The van der Waals surface area contributed by atoms with Crippen LogP contribution >= 0.6 is 0 Å². The molecule has 1 heterocycles. The monoisotopic (exact) mass is 283 g/mol. The number of nitro benzene ring substituents is 1. The van der Waals surface area contributed by atoms with Crippen LogP contribution in [0.25, 0.3) is 0 Å². The molecule has 8 nitrogen and oxygen atoms in total. The maximum Gasteiger partial charge on any atom is 0.272 e. The topological polar surface area (TPSA) is 116 Å². The Balaban J connectivity index is 2.32. The van der Waals surface area contributed by atoms with Crippen molar-refractivity contribution in [2.75, 3.05) is 5.43 Å². The van der Waals surface area contributed by atoms with Crippen LogP contribution in [0.4, 0.5) is 20.4 Å². The van der Waals surface area contributed by atoms with Crippen molar-refractivity contribution in [2.24, 2.45) is 5.84 Å². The average Bonchev–Trinajstić information content (AvgIpc) is 2.43. The van der Waals surface area contributed by atoms with Crippen LogP contribution in [0.2, 0.25) is 0 Å². The van der Waals surface area contributed by atoms with E-state index in [0.717, 1.165) is 18.3 Å². The average molecular weight is 283 g/mol. The molecular formula is C10H7F2N5O3. The lowest BCUT2D eigenvalue weighted by Crippen LogP contribution is -2.11. The number of rotatable bonds is 4. The Bertz CT molecular complexity index is 667. The van der Waals surface area contributed by atoms with Crippen LogP contribution in [-0.2, 0) is 0 Å². The quantitative estimate of drug-likeness (QED) is 0.498. The number of aromatic nitrogens is 2. The molecule has 0 radical (unpaired) electrons. The standard InChI is InChI=1S/C10H7F2N5O3/c11-6-3-5(17(18)19)1-2-8(6)20-9-7(12)4-14-10(15-9)16-13/h1-4H,13H2,(H,14,15,16). The van der Waals surface area contributed by atoms with E-state index < -0.39 is 33.9 Å². The van der Waals surface area contributed by atoms with E-state index in [1.165, 1.54) is 0 Å². The zero-order valence-electron chi connectivity index (χ0n) is 9.71. The van der Waals surface area contributed by atoms with Crippen LogP contribution in [0, 0.1) is 21.7 Å². The lowest BCUT2D eigenvalue weighted by molar-refractivity contribution is -0.385. The molecule has 0 saturated carbocycles. The number of anilines is 1. The molecule has 104 valence electrons. The molecule has 1 aromatic carbocycles. The lowest BCUT2D eigenvalue weighted by atomic mass is 10.3. The summed E-state index contributed by atoms with van der Waals surface area (Å²) in [4.78, 5) is 16.7. The predicted molar refractivity (Wildman–Crippen MR) is 62.9 cm³/mol. The summed E-state index contributed by atoms with van der Waals surface area (Å²) in [5.41, 5.74) is 1.61. The number of hydrazine groups is 1. The molecule has 2 rings (SSSR count). The molecule has 0 aliphatic rings. The van der Waals surface area contributed by atoms with Crippen LogP contribution < -0.4 is 16.0 Å². The van der Waals surface area contributed by atoms with Crippen molar-refractivity contribution >= 4 is 11.6 Å². The van der Waals surface area contributed by atoms with Crippen LogP contribution in [0.3, 0.4) is 0 Å². The Labute approximate surface area is 110 Å². The second kappa shape index (κ2) is 5.40. The van der Waals surface area contributed by atoms with Gasteiger partial charge in [0.1, 0.15) is 0 Å². The minimum absolute atomic E-state index is 0.135. The third kappa shape index (κ3) is 2.75. The molecule has 0 unspecified atom stereocenters. The summed E-state index contributed by atoms with van der Waals surface area (Å²) in [6, 6.07) is 2.65. The van der Waals surface area contributed by atoms with Gasteiger partial charge in [0.05, 0.1) is 17.2 Å². The molecular weight excluding hydrogens is 276 g/mol. The highest BCUT2D eigenvalue weighted by Gasteiger charge is 2.15. The highest BCUT2D eigenvalue weighted by Crippen LogP contribution is 2.28. The molecule has 1 aromatic heterocycles.